The van der Waals surface area contributed by atoms with E-state index >= 15 is 0 Å². The summed E-state index contributed by atoms with van der Waals surface area (Å²) in [6.45, 7) is 5.69. The van der Waals surface area contributed by atoms with Gasteiger partial charge in [-0.1, -0.05) is 49.0 Å². The van der Waals surface area contributed by atoms with E-state index in [-0.39, 0.29) is 5.38 Å². The van der Waals surface area contributed by atoms with Crippen LogP contribution in [0.4, 0.5) is 0 Å². The number of rotatable bonds is 6. The van der Waals surface area contributed by atoms with Crippen molar-refractivity contribution in [2.24, 2.45) is 0 Å². The number of allylic oxidation sites excluding steroid dienone is 1. The lowest BCUT2D eigenvalue weighted by Gasteiger charge is -2.23. The molecule has 0 N–H and O–H groups in total. The van der Waals surface area contributed by atoms with Crippen LogP contribution in [-0.2, 0) is 0 Å². The highest BCUT2D eigenvalue weighted by Gasteiger charge is 2.31. The minimum absolute atomic E-state index is 0.182. The summed E-state index contributed by atoms with van der Waals surface area (Å²) in [6, 6.07) is 0. The van der Waals surface area contributed by atoms with Gasteiger partial charge in [0.25, 0.3) is 0 Å². The van der Waals surface area contributed by atoms with Crippen molar-refractivity contribution in [2.45, 2.75) is 42.3 Å². The molecule has 3 heteroatoms. The molecule has 72 valence electrons. The van der Waals surface area contributed by atoms with E-state index in [9.17, 15) is 0 Å². The van der Waals surface area contributed by atoms with E-state index in [1.807, 2.05) is 0 Å². The Hall–Kier alpha value is 0.610. The van der Waals surface area contributed by atoms with Crippen LogP contribution in [0.25, 0.3) is 0 Å². The van der Waals surface area contributed by atoms with Crippen LogP contribution in [0.15, 0.2) is 12.7 Å². The fraction of sp³-hybridized carbons (Fsp3) is 0.778. The SMILES string of the molecule is C=CCC(Cl)(Cl)C(Cl)CCCC. The van der Waals surface area contributed by atoms with Gasteiger partial charge in [0.15, 0.2) is 0 Å². The Balaban J connectivity index is 3.86. The van der Waals surface area contributed by atoms with E-state index in [2.05, 4.69) is 13.5 Å². The number of hydrogen-bond acceptors (Lipinski definition) is 0. The Morgan fingerprint density at radius 1 is 1.50 bits per heavy atom. The summed E-state index contributed by atoms with van der Waals surface area (Å²) in [5.74, 6) is 0. The fourth-order valence-electron chi connectivity index (χ4n) is 0.915. The molecule has 0 fully saturated rings. The highest BCUT2D eigenvalue weighted by molar-refractivity contribution is 6.52. The molecule has 0 amide bonds. The third kappa shape index (κ3) is 4.59. The Bertz CT molecular complexity index is 132. The zero-order valence-corrected chi connectivity index (χ0v) is 9.59. The van der Waals surface area contributed by atoms with Crippen LogP contribution in [0.1, 0.15) is 32.6 Å². The standard InChI is InChI=1S/C9H15Cl3/c1-3-5-6-8(10)9(11,12)7-4-2/h4,8H,2-3,5-7H2,1H3. The third-order valence-electron chi connectivity index (χ3n) is 1.69. The summed E-state index contributed by atoms with van der Waals surface area (Å²) < 4.78 is -0.849. The smallest absolute Gasteiger partial charge is 0.120 e. The first kappa shape index (κ1) is 12.6. The van der Waals surface area contributed by atoms with Crippen molar-refractivity contribution in [2.75, 3.05) is 0 Å². The first-order valence-corrected chi connectivity index (χ1v) is 5.36. The van der Waals surface area contributed by atoms with Gasteiger partial charge in [-0.2, -0.15) is 0 Å². The second kappa shape index (κ2) is 6.12. The molecule has 0 aliphatic carbocycles. The van der Waals surface area contributed by atoms with Gasteiger partial charge in [0.2, 0.25) is 0 Å². The van der Waals surface area contributed by atoms with Crippen molar-refractivity contribution in [1.29, 1.82) is 0 Å². The molecular formula is C9H15Cl3. The van der Waals surface area contributed by atoms with E-state index in [0.29, 0.717) is 6.42 Å². The van der Waals surface area contributed by atoms with Crippen LogP contribution in [0.2, 0.25) is 0 Å². The molecule has 0 saturated heterocycles. The van der Waals surface area contributed by atoms with Gasteiger partial charge in [0.1, 0.15) is 4.33 Å². The third-order valence-corrected chi connectivity index (χ3v) is 3.34. The minimum Gasteiger partial charge on any atom is -0.120 e. The van der Waals surface area contributed by atoms with Gasteiger partial charge in [-0.25, -0.2) is 0 Å². The van der Waals surface area contributed by atoms with Crippen LogP contribution >= 0.6 is 34.8 Å². The Kier molecular flexibility index (Phi) is 6.43. The van der Waals surface area contributed by atoms with Crippen LogP contribution in [0.3, 0.4) is 0 Å². The van der Waals surface area contributed by atoms with E-state index < -0.39 is 4.33 Å². The zero-order valence-electron chi connectivity index (χ0n) is 7.32. The monoisotopic (exact) mass is 228 g/mol. The second-order valence-electron chi connectivity index (χ2n) is 2.86. The van der Waals surface area contributed by atoms with Crippen molar-refractivity contribution in [3.63, 3.8) is 0 Å². The van der Waals surface area contributed by atoms with Gasteiger partial charge in [0.05, 0.1) is 5.38 Å². The van der Waals surface area contributed by atoms with Gasteiger partial charge < -0.3 is 0 Å². The average Bonchev–Trinajstić information content (AvgIpc) is 2.00. The molecule has 1 atom stereocenters. The number of alkyl halides is 3. The quantitative estimate of drug-likeness (QED) is 0.464. The number of unbranched alkanes of at least 4 members (excludes halogenated alkanes) is 1. The predicted octanol–water partition coefficient (Wildman–Crippen LogP) is 4.53. The summed E-state index contributed by atoms with van der Waals surface area (Å²) in [4.78, 5) is 0. The Morgan fingerprint density at radius 3 is 2.50 bits per heavy atom. The maximum Gasteiger partial charge on any atom is 0.137 e. The predicted molar refractivity (Wildman–Crippen MR) is 58.4 cm³/mol. The van der Waals surface area contributed by atoms with E-state index in [0.717, 1.165) is 19.3 Å². The molecule has 0 nitrogen and oxygen atoms in total. The molecule has 0 aromatic carbocycles. The first-order chi connectivity index (χ1) is 5.54. The van der Waals surface area contributed by atoms with Crippen molar-refractivity contribution in [3.8, 4) is 0 Å². The zero-order chi connectivity index (χ0) is 9.61. The van der Waals surface area contributed by atoms with Gasteiger partial charge in [0, 0.05) is 0 Å². The van der Waals surface area contributed by atoms with Gasteiger partial charge in [-0.3, -0.25) is 0 Å². The highest BCUT2D eigenvalue weighted by atomic mass is 35.5. The van der Waals surface area contributed by atoms with E-state index in [1.165, 1.54) is 0 Å². The molecule has 12 heavy (non-hydrogen) atoms. The summed E-state index contributed by atoms with van der Waals surface area (Å²) in [7, 11) is 0. The van der Waals surface area contributed by atoms with Crippen LogP contribution in [0.5, 0.6) is 0 Å². The molecule has 0 aromatic rings. The first-order valence-electron chi connectivity index (χ1n) is 4.17. The van der Waals surface area contributed by atoms with Crippen molar-refractivity contribution >= 4 is 34.8 Å². The maximum absolute atomic E-state index is 6.02. The second-order valence-corrected chi connectivity index (χ2v) is 4.93. The molecule has 0 saturated carbocycles. The molecule has 0 bridgehead atoms. The topological polar surface area (TPSA) is 0 Å². The van der Waals surface area contributed by atoms with Crippen LogP contribution < -0.4 is 0 Å². The molecule has 0 spiro atoms. The summed E-state index contributed by atoms with van der Waals surface area (Å²) >= 11 is 18.0. The number of hydrogen-bond donors (Lipinski definition) is 0. The Labute approximate surface area is 89.9 Å². The van der Waals surface area contributed by atoms with E-state index in [4.69, 9.17) is 34.8 Å². The summed E-state index contributed by atoms with van der Waals surface area (Å²) in [5, 5.41) is -0.182. The number of halogens is 3. The molecule has 0 radical (unpaired) electrons. The van der Waals surface area contributed by atoms with Crippen LogP contribution in [-0.4, -0.2) is 9.71 Å². The normalized spacial score (nSPS) is 14.3. The van der Waals surface area contributed by atoms with Crippen molar-refractivity contribution in [1.82, 2.24) is 0 Å². The molecule has 0 heterocycles. The lowest BCUT2D eigenvalue weighted by atomic mass is 10.1. The molecule has 0 rings (SSSR count). The van der Waals surface area contributed by atoms with Crippen molar-refractivity contribution in [3.05, 3.63) is 12.7 Å². The van der Waals surface area contributed by atoms with Gasteiger partial charge in [-0.15, -0.1) is 18.2 Å². The summed E-state index contributed by atoms with van der Waals surface area (Å²) in [6.07, 6.45) is 5.27. The fourth-order valence-corrected chi connectivity index (χ4v) is 1.59. The largest absolute Gasteiger partial charge is 0.137 e. The van der Waals surface area contributed by atoms with Crippen molar-refractivity contribution < 1.29 is 0 Å². The maximum atomic E-state index is 6.02. The van der Waals surface area contributed by atoms with Gasteiger partial charge >= 0.3 is 0 Å². The lowest BCUT2D eigenvalue weighted by molar-refractivity contribution is 0.619. The molecule has 0 aliphatic rings. The molecular weight excluding hydrogens is 214 g/mol. The molecule has 1 unspecified atom stereocenters. The average molecular weight is 230 g/mol. The molecule has 0 aliphatic heterocycles. The van der Waals surface area contributed by atoms with E-state index in [1.54, 1.807) is 6.08 Å². The Morgan fingerprint density at radius 2 is 2.08 bits per heavy atom. The molecule has 0 aromatic heterocycles. The van der Waals surface area contributed by atoms with Crippen LogP contribution in [0, 0.1) is 0 Å². The highest BCUT2D eigenvalue weighted by Crippen LogP contribution is 2.35. The van der Waals surface area contributed by atoms with Gasteiger partial charge in [-0.05, 0) is 12.8 Å². The minimum atomic E-state index is -0.849. The lowest BCUT2D eigenvalue weighted by Crippen LogP contribution is -2.25. The summed E-state index contributed by atoms with van der Waals surface area (Å²) in [5.41, 5.74) is 0.